The van der Waals surface area contributed by atoms with Gasteiger partial charge in [0.2, 0.25) is 5.91 Å². The summed E-state index contributed by atoms with van der Waals surface area (Å²) in [5, 5.41) is 8.29. The summed E-state index contributed by atoms with van der Waals surface area (Å²) in [6.07, 6.45) is 0.317. The van der Waals surface area contributed by atoms with E-state index in [0.29, 0.717) is 16.5 Å². The lowest BCUT2D eigenvalue weighted by Crippen LogP contribution is -2.28. The number of hydrogen-bond acceptors (Lipinski definition) is 2. The Bertz CT molecular complexity index is 710. The standard InChI is InChI=1S/C16H19Cl2N3O/c1-9(12-5-6-14(17)15(18)7-12)19-16(22)8-13-10(2)20-21(4)11(13)3/h5-7,9H,8H2,1-4H3,(H,19,22). The van der Waals surface area contributed by atoms with Crippen LogP contribution in [-0.2, 0) is 18.3 Å². The van der Waals surface area contributed by atoms with E-state index in [1.54, 1.807) is 16.8 Å². The summed E-state index contributed by atoms with van der Waals surface area (Å²) in [4.78, 5) is 12.3. The maximum atomic E-state index is 12.3. The van der Waals surface area contributed by atoms with E-state index < -0.39 is 0 Å². The number of carbonyl (C=O) groups is 1. The highest BCUT2D eigenvalue weighted by Crippen LogP contribution is 2.25. The van der Waals surface area contributed by atoms with Crippen molar-refractivity contribution in [2.75, 3.05) is 0 Å². The van der Waals surface area contributed by atoms with E-state index in [0.717, 1.165) is 22.5 Å². The Labute approximate surface area is 140 Å². The molecule has 1 atom stereocenters. The molecule has 0 saturated heterocycles. The molecule has 1 aromatic carbocycles. The van der Waals surface area contributed by atoms with Crippen LogP contribution in [0.5, 0.6) is 0 Å². The molecule has 1 heterocycles. The number of aryl methyl sites for hydroxylation is 2. The monoisotopic (exact) mass is 339 g/mol. The number of carbonyl (C=O) groups excluding carboxylic acids is 1. The van der Waals surface area contributed by atoms with Crippen molar-refractivity contribution < 1.29 is 4.79 Å². The molecule has 4 nitrogen and oxygen atoms in total. The van der Waals surface area contributed by atoms with Crippen molar-refractivity contribution in [3.8, 4) is 0 Å². The minimum atomic E-state index is -0.139. The third-order valence-corrected chi connectivity index (χ3v) is 4.56. The quantitative estimate of drug-likeness (QED) is 0.921. The fourth-order valence-electron chi connectivity index (χ4n) is 2.39. The molecule has 22 heavy (non-hydrogen) atoms. The number of nitrogens with zero attached hydrogens (tertiary/aromatic N) is 2. The number of benzene rings is 1. The van der Waals surface area contributed by atoms with Gasteiger partial charge >= 0.3 is 0 Å². The summed E-state index contributed by atoms with van der Waals surface area (Å²) in [5.74, 6) is -0.0437. The molecule has 1 amide bonds. The van der Waals surface area contributed by atoms with Gasteiger partial charge in [-0.05, 0) is 38.5 Å². The second-order valence-corrected chi connectivity index (χ2v) is 6.23. The fraction of sp³-hybridized carbons (Fsp3) is 0.375. The highest BCUT2D eigenvalue weighted by molar-refractivity contribution is 6.42. The third-order valence-electron chi connectivity index (χ3n) is 3.82. The van der Waals surface area contributed by atoms with Gasteiger partial charge in [-0.15, -0.1) is 0 Å². The van der Waals surface area contributed by atoms with Crippen LogP contribution in [0, 0.1) is 13.8 Å². The van der Waals surface area contributed by atoms with Gasteiger partial charge in [0.05, 0.1) is 28.2 Å². The van der Waals surface area contributed by atoms with E-state index in [9.17, 15) is 4.79 Å². The molecule has 0 aliphatic rings. The van der Waals surface area contributed by atoms with Crippen LogP contribution in [-0.4, -0.2) is 15.7 Å². The highest BCUT2D eigenvalue weighted by Gasteiger charge is 2.16. The first-order valence-corrected chi connectivity index (χ1v) is 7.78. The molecule has 0 radical (unpaired) electrons. The number of hydrogen-bond donors (Lipinski definition) is 1. The molecule has 0 spiro atoms. The number of rotatable bonds is 4. The van der Waals surface area contributed by atoms with E-state index in [1.807, 2.05) is 33.9 Å². The van der Waals surface area contributed by atoms with Gasteiger partial charge in [0.1, 0.15) is 0 Å². The molecule has 118 valence electrons. The molecule has 1 N–H and O–H groups in total. The molecule has 2 rings (SSSR count). The van der Waals surface area contributed by atoms with Crippen molar-refractivity contribution in [1.29, 1.82) is 0 Å². The molecule has 1 unspecified atom stereocenters. The lowest BCUT2D eigenvalue weighted by molar-refractivity contribution is -0.121. The molecule has 2 aromatic rings. The van der Waals surface area contributed by atoms with Gasteiger partial charge in [0, 0.05) is 18.3 Å². The van der Waals surface area contributed by atoms with Gasteiger partial charge < -0.3 is 5.32 Å². The number of amides is 1. The molecule has 0 fully saturated rings. The minimum Gasteiger partial charge on any atom is -0.349 e. The smallest absolute Gasteiger partial charge is 0.225 e. The predicted molar refractivity (Wildman–Crippen MR) is 89.4 cm³/mol. The summed E-state index contributed by atoms with van der Waals surface area (Å²) < 4.78 is 1.79. The number of aromatic nitrogens is 2. The van der Waals surface area contributed by atoms with Crippen molar-refractivity contribution in [3.05, 3.63) is 50.8 Å². The Morgan fingerprint density at radius 2 is 2.00 bits per heavy atom. The first-order valence-electron chi connectivity index (χ1n) is 7.03. The van der Waals surface area contributed by atoms with Crippen LogP contribution >= 0.6 is 23.2 Å². The van der Waals surface area contributed by atoms with Crippen molar-refractivity contribution in [2.45, 2.75) is 33.2 Å². The lowest BCUT2D eigenvalue weighted by Gasteiger charge is -2.15. The van der Waals surface area contributed by atoms with Gasteiger partial charge in [0.15, 0.2) is 0 Å². The van der Waals surface area contributed by atoms with Crippen molar-refractivity contribution >= 4 is 29.1 Å². The normalized spacial score (nSPS) is 12.3. The molecular formula is C16H19Cl2N3O. The topological polar surface area (TPSA) is 46.9 Å². The lowest BCUT2D eigenvalue weighted by atomic mass is 10.1. The van der Waals surface area contributed by atoms with Gasteiger partial charge in [-0.3, -0.25) is 9.48 Å². The zero-order valence-corrected chi connectivity index (χ0v) is 14.6. The average Bonchev–Trinajstić information content (AvgIpc) is 2.68. The highest BCUT2D eigenvalue weighted by atomic mass is 35.5. The summed E-state index contributed by atoms with van der Waals surface area (Å²) >= 11 is 11.9. The van der Waals surface area contributed by atoms with E-state index in [-0.39, 0.29) is 11.9 Å². The van der Waals surface area contributed by atoms with Crippen LogP contribution < -0.4 is 5.32 Å². The van der Waals surface area contributed by atoms with Crippen LogP contribution in [0.3, 0.4) is 0 Å². The summed E-state index contributed by atoms with van der Waals surface area (Å²) in [7, 11) is 1.88. The molecule has 1 aromatic heterocycles. The SMILES string of the molecule is Cc1nn(C)c(C)c1CC(=O)NC(C)c1ccc(Cl)c(Cl)c1. The van der Waals surface area contributed by atoms with E-state index in [2.05, 4.69) is 10.4 Å². The van der Waals surface area contributed by atoms with E-state index >= 15 is 0 Å². The summed E-state index contributed by atoms with van der Waals surface area (Å²) in [5.41, 5.74) is 3.79. The van der Waals surface area contributed by atoms with Crippen LogP contribution in [0.15, 0.2) is 18.2 Å². The minimum absolute atomic E-state index is 0.0437. The van der Waals surface area contributed by atoms with E-state index in [4.69, 9.17) is 23.2 Å². The summed E-state index contributed by atoms with van der Waals surface area (Å²) in [6, 6.07) is 5.23. The second-order valence-electron chi connectivity index (χ2n) is 5.41. The molecule has 0 bridgehead atoms. The maximum Gasteiger partial charge on any atom is 0.225 e. The molecule has 0 aliphatic carbocycles. The molecule has 0 aliphatic heterocycles. The fourth-order valence-corrected chi connectivity index (χ4v) is 2.70. The molecule has 0 saturated carbocycles. The summed E-state index contributed by atoms with van der Waals surface area (Å²) in [6.45, 7) is 5.80. The number of nitrogens with one attached hydrogen (secondary N) is 1. The first kappa shape index (κ1) is 16.8. The zero-order chi connectivity index (χ0) is 16.4. The third kappa shape index (κ3) is 3.62. The van der Waals surface area contributed by atoms with Crippen LogP contribution in [0.2, 0.25) is 10.0 Å². The van der Waals surface area contributed by atoms with E-state index in [1.165, 1.54) is 0 Å². The first-order chi connectivity index (χ1) is 10.3. The van der Waals surface area contributed by atoms with Gasteiger partial charge in [-0.25, -0.2) is 0 Å². The van der Waals surface area contributed by atoms with Crippen molar-refractivity contribution in [2.24, 2.45) is 7.05 Å². The predicted octanol–water partition coefficient (Wildman–Crippen LogP) is 3.76. The van der Waals surface area contributed by atoms with Crippen LogP contribution in [0.25, 0.3) is 0 Å². The van der Waals surface area contributed by atoms with Crippen molar-refractivity contribution in [1.82, 2.24) is 15.1 Å². The Balaban J connectivity index is 2.06. The Morgan fingerprint density at radius 1 is 1.32 bits per heavy atom. The van der Waals surface area contributed by atoms with Crippen LogP contribution in [0.4, 0.5) is 0 Å². The Morgan fingerprint density at radius 3 is 2.55 bits per heavy atom. The van der Waals surface area contributed by atoms with Crippen molar-refractivity contribution in [3.63, 3.8) is 0 Å². The van der Waals surface area contributed by atoms with Crippen LogP contribution in [0.1, 0.15) is 35.5 Å². The maximum absolute atomic E-state index is 12.3. The zero-order valence-electron chi connectivity index (χ0n) is 13.1. The second kappa shape index (κ2) is 6.71. The largest absolute Gasteiger partial charge is 0.349 e. The van der Waals surface area contributed by atoms with Gasteiger partial charge in [0.25, 0.3) is 0 Å². The molecule has 6 heteroatoms. The number of halogens is 2. The van der Waals surface area contributed by atoms with Gasteiger partial charge in [-0.1, -0.05) is 29.3 Å². The van der Waals surface area contributed by atoms with Gasteiger partial charge in [-0.2, -0.15) is 5.10 Å². The Hall–Kier alpha value is -1.52. The molecular weight excluding hydrogens is 321 g/mol. The average molecular weight is 340 g/mol. The Kier molecular flexibility index (Phi) is 5.14.